The Morgan fingerprint density at radius 3 is 2.59 bits per heavy atom. The minimum absolute atomic E-state index is 0.136. The largest absolute Gasteiger partial charge is 0.310 e. The minimum Gasteiger partial charge on any atom is -0.310 e. The summed E-state index contributed by atoms with van der Waals surface area (Å²) < 4.78 is 39.5. The summed E-state index contributed by atoms with van der Waals surface area (Å²) in [5.41, 5.74) is 0.136. The molecule has 1 rings (SSSR count). The van der Waals surface area contributed by atoms with Crippen LogP contribution in [0.25, 0.3) is 0 Å². The van der Waals surface area contributed by atoms with Crippen molar-refractivity contribution in [1.29, 1.82) is 0 Å². The molecule has 0 aliphatic carbocycles. The Kier molecular flexibility index (Phi) is 5.22. The topological polar surface area (TPSA) is 12.0 Å². The molecule has 1 atom stereocenters. The first kappa shape index (κ1) is 13.8. The number of benzene rings is 1. The first-order valence-corrected chi connectivity index (χ1v) is 5.59. The predicted octanol–water partition coefficient (Wildman–Crippen LogP) is 3.72. The molecule has 0 saturated heterocycles. The molecule has 1 aromatic carbocycles. The fourth-order valence-corrected chi connectivity index (χ4v) is 1.62. The number of rotatable bonds is 6. The van der Waals surface area contributed by atoms with Gasteiger partial charge < -0.3 is 5.32 Å². The third-order valence-electron chi connectivity index (χ3n) is 2.48. The molecule has 0 spiro atoms. The standard InChI is InChI=1S/C13H16F3N/c1-3-5-11(17-8-4-2)9-6-7-10(14)13(16)12(9)15/h3,6-7,11,17H,1,4-5,8H2,2H3. The van der Waals surface area contributed by atoms with Crippen molar-refractivity contribution < 1.29 is 13.2 Å². The highest BCUT2D eigenvalue weighted by Gasteiger charge is 2.19. The van der Waals surface area contributed by atoms with Crippen LogP contribution in [0.5, 0.6) is 0 Å². The summed E-state index contributed by atoms with van der Waals surface area (Å²) in [5.74, 6) is -3.71. The van der Waals surface area contributed by atoms with E-state index in [1.807, 2.05) is 6.92 Å². The van der Waals surface area contributed by atoms with E-state index in [1.54, 1.807) is 6.08 Å². The summed E-state index contributed by atoms with van der Waals surface area (Å²) in [6.07, 6.45) is 2.95. The maximum absolute atomic E-state index is 13.6. The second kappa shape index (κ2) is 6.45. The van der Waals surface area contributed by atoms with Crippen molar-refractivity contribution in [3.05, 3.63) is 47.8 Å². The van der Waals surface area contributed by atoms with Crippen LogP contribution in [0, 0.1) is 17.5 Å². The number of hydrogen-bond acceptors (Lipinski definition) is 1. The third kappa shape index (κ3) is 3.33. The Hall–Kier alpha value is -1.29. The molecule has 1 aromatic rings. The molecule has 1 unspecified atom stereocenters. The van der Waals surface area contributed by atoms with E-state index in [2.05, 4.69) is 11.9 Å². The molecule has 94 valence electrons. The minimum atomic E-state index is -1.42. The second-order valence-corrected chi connectivity index (χ2v) is 3.80. The molecular weight excluding hydrogens is 227 g/mol. The van der Waals surface area contributed by atoms with E-state index in [1.165, 1.54) is 6.07 Å². The summed E-state index contributed by atoms with van der Waals surface area (Å²) in [5, 5.41) is 3.07. The monoisotopic (exact) mass is 243 g/mol. The zero-order valence-electron chi connectivity index (χ0n) is 9.77. The molecule has 0 aliphatic heterocycles. The van der Waals surface area contributed by atoms with Crippen molar-refractivity contribution >= 4 is 0 Å². The van der Waals surface area contributed by atoms with Gasteiger partial charge in [0.1, 0.15) is 0 Å². The van der Waals surface area contributed by atoms with Crippen LogP contribution in [0.15, 0.2) is 24.8 Å². The van der Waals surface area contributed by atoms with Crippen molar-refractivity contribution in [1.82, 2.24) is 5.32 Å². The fourth-order valence-electron chi connectivity index (χ4n) is 1.62. The molecule has 0 heterocycles. The molecule has 0 saturated carbocycles. The normalized spacial score (nSPS) is 12.5. The molecule has 17 heavy (non-hydrogen) atoms. The van der Waals surface area contributed by atoms with Crippen LogP contribution in [0.4, 0.5) is 13.2 Å². The smallest absolute Gasteiger partial charge is 0.194 e. The van der Waals surface area contributed by atoms with Gasteiger partial charge in [-0.3, -0.25) is 0 Å². The maximum Gasteiger partial charge on any atom is 0.194 e. The summed E-state index contributed by atoms with van der Waals surface area (Å²) >= 11 is 0. The van der Waals surface area contributed by atoms with Crippen LogP contribution in [-0.2, 0) is 0 Å². The molecule has 0 aromatic heterocycles. The lowest BCUT2D eigenvalue weighted by Crippen LogP contribution is -2.23. The van der Waals surface area contributed by atoms with Crippen molar-refractivity contribution in [3.8, 4) is 0 Å². The van der Waals surface area contributed by atoms with Gasteiger partial charge in [-0.1, -0.05) is 19.1 Å². The van der Waals surface area contributed by atoms with Crippen LogP contribution in [0.3, 0.4) is 0 Å². The Morgan fingerprint density at radius 2 is 2.00 bits per heavy atom. The van der Waals surface area contributed by atoms with E-state index in [0.29, 0.717) is 13.0 Å². The second-order valence-electron chi connectivity index (χ2n) is 3.80. The average molecular weight is 243 g/mol. The van der Waals surface area contributed by atoms with Gasteiger partial charge in [0.05, 0.1) is 0 Å². The lowest BCUT2D eigenvalue weighted by molar-refractivity contribution is 0.424. The molecular formula is C13H16F3N. The van der Waals surface area contributed by atoms with E-state index >= 15 is 0 Å². The van der Waals surface area contributed by atoms with E-state index in [4.69, 9.17) is 0 Å². The van der Waals surface area contributed by atoms with Crippen molar-refractivity contribution in [3.63, 3.8) is 0 Å². The fraction of sp³-hybridized carbons (Fsp3) is 0.385. The molecule has 0 aliphatic rings. The van der Waals surface area contributed by atoms with Crippen LogP contribution in [0.2, 0.25) is 0 Å². The average Bonchev–Trinajstić information content (AvgIpc) is 2.32. The van der Waals surface area contributed by atoms with Crippen LogP contribution >= 0.6 is 0 Å². The molecule has 1 N–H and O–H groups in total. The quantitative estimate of drug-likeness (QED) is 0.593. The Balaban J connectivity index is 3.00. The number of halogens is 3. The number of nitrogens with one attached hydrogen (secondary N) is 1. The SMILES string of the molecule is C=CCC(NCCC)c1ccc(F)c(F)c1F. The number of hydrogen-bond donors (Lipinski definition) is 1. The molecule has 4 heteroatoms. The maximum atomic E-state index is 13.6. The summed E-state index contributed by atoms with van der Waals surface area (Å²) in [7, 11) is 0. The van der Waals surface area contributed by atoms with Gasteiger partial charge in [-0.05, 0) is 25.5 Å². The Bertz CT molecular complexity index is 390. The highest BCUT2D eigenvalue weighted by Crippen LogP contribution is 2.23. The van der Waals surface area contributed by atoms with Gasteiger partial charge in [-0.25, -0.2) is 13.2 Å². The van der Waals surface area contributed by atoms with Crippen molar-refractivity contribution in [2.75, 3.05) is 6.54 Å². The molecule has 1 nitrogen and oxygen atoms in total. The Labute approximate surface area is 99.3 Å². The van der Waals surface area contributed by atoms with Gasteiger partial charge in [0.15, 0.2) is 17.5 Å². The highest BCUT2D eigenvalue weighted by atomic mass is 19.2. The highest BCUT2D eigenvalue weighted by molar-refractivity contribution is 5.24. The summed E-state index contributed by atoms with van der Waals surface area (Å²) in [6.45, 7) is 6.22. The van der Waals surface area contributed by atoms with Gasteiger partial charge in [-0.15, -0.1) is 6.58 Å². The van der Waals surface area contributed by atoms with Gasteiger partial charge >= 0.3 is 0 Å². The predicted molar refractivity (Wildman–Crippen MR) is 62.2 cm³/mol. The van der Waals surface area contributed by atoms with Crippen LogP contribution < -0.4 is 5.32 Å². The first-order valence-electron chi connectivity index (χ1n) is 5.59. The van der Waals surface area contributed by atoms with Gasteiger partial charge in [0.2, 0.25) is 0 Å². The zero-order valence-corrected chi connectivity index (χ0v) is 9.77. The van der Waals surface area contributed by atoms with E-state index in [-0.39, 0.29) is 11.6 Å². The lowest BCUT2D eigenvalue weighted by Gasteiger charge is -2.18. The third-order valence-corrected chi connectivity index (χ3v) is 2.48. The van der Waals surface area contributed by atoms with Crippen molar-refractivity contribution in [2.24, 2.45) is 0 Å². The first-order chi connectivity index (χ1) is 8.11. The van der Waals surface area contributed by atoms with Gasteiger partial charge in [0.25, 0.3) is 0 Å². The van der Waals surface area contributed by atoms with Crippen LogP contribution in [-0.4, -0.2) is 6.54 Å². The van der Waals surface area contributed by atoms with Crippen molar-refractivity contribution in [2.45, 2.75) is 25.8 Å². The van der Waals surface area contributed by atoms with E-state index < -0.39 is 17.5 Å². The van der Waals surface area contributed by atoms with E-state index in [9.17, 15) is 13.2 Å². The summed E-state index contributed by atoms with van der Waals surface area (Å²) in [4.78, 5) is 0. The summed E-state index contributed by atoms with van der Waals surface area (Å²) in [6, 6.07) is 1.84. The molecule has 0 fully saturated rings. The molecule has 0 radical (unpaired) electrons. The molecule has 0 bridgehead atoms. The van der Waals surface area contributed by atoms with Crippen LogP contribution in [0.1, 0.15) is 31.4 Å². The molecule has 0 amide bonds. The van der Waals surface area contributed by atoms with Gasteiger partial charge in [-0.2, -0.15) is 0 Å². The zero-order chi connectivity index (χ0) is 12.8. The lowest BCUT2D eigenvalue weighted by atomic mass is 10.0. The Morgan fingerprint density at radius 1 is 1.29 bits per heavy atom. The van der Waals surface area contributed by atoms with Gasteiger partial charge in [0, 0.05) is 11.6 Å². The van der Waals surface area contributed by atoms with E-state index in [0.717, 1.165) is 12.5 Å².